The molecule has 0 aromatic heterocycles. The Kier molecular flexibility index (Phi) is 4.36. The topological polar surface area (TPSA) is 0 Å². The van der Waals surface area contributed by atoms with E-state index < -0.39 is 5.38 Å². The molecule has 0 heterocycles. The van der Waals surface area contributed by atoms with Crippen LogP contribution in [0.15, 0.2) is 46.9 Å². The summed E-state index contributed by atoms with van der Waals surface area (Å²) in [5.74, 6) is -0.626. The summed E-state index contributed by atoms with van der Waals surface area (Å²) in [4.78, 5) is 0. The molecular weight excluding hydrogens is 322 g/mol. The molecule has 2 aromatic carbocycles. The molecule has 0 nitrogen and oxygen atoms in total. The minimum Gasteiger partial charge on any atom is -0.207 e. The van der Waals surface area contributed by atoms with Crippen LogP contribution in [-0.4, -0.2) is 0 Å². The number of alkyl halides is 1. The third-order valence-electron chi connectivity index (χ3n) is 2.62. The van der Waals surface area contributed by atoms with Gasteiger partial charge in [0.1, 0.15) is 11.6 Å². The first kappa shape index (κ1) is 13.5. The van der Waals surface area contributed by atoms with Crippen LogP contribution in [-0.2, 0) is 6.42 Å². The highest BCUT2D eigenvalue weighted by atomic mass is 79.9. The molecule has 1 unspecified atom stereocenters. The van der Waals surface area contributed by atoms with Gasteiger partial charge in [0.25, 0.3) is 0 Å². The highest BCUT2D eigenvalue weighted by Gasteiger charge is 2.14. The van der Waals surface area contributed by atoms with Crippen molar-refractivity contribution in [3.05, 3.63) is 69.7 Å². The molecule has 0 saturated heterocycles. The molecule has 0 amide bonds. The predicted octanol–water partition coefficient (Wildman–Crippen LogP) is 5.25. The summed E-state index contributed by atoms with van der Waals surface area (Å²) in [6.45, 7) is 0. The second-order valence-electron chi connectivity index (χ2n) is 3.96. The Balaban J connectivity index is 2.18. The van der Waals surface area contributed by atoms with Crippen molar-refractivity contribution in [2.75, 3.05) is 0 Å². The molecule has 94 valence electrons. The number of hydrogen-bond acceptors (Lipinski definition) is 0. The molecule has 0 aliphatic heterocycles. The fourth-order valence-corrected chi connectivity index (χ4v) is 2.42. The number of benzene rings is 2. The molecule has 0 N–H and O–H groups in total. The Morgan fingerprint density at radius 3 is 2.39 bits per heavy atom. The van der Waals surface area contributed by atoms with Gasteiger partial charge in [-0.3, -0.25) is 0 Å². The van der Waals surface area contributed by atoms with Crippen LogP contribution < -0.4 is 0 Å². The van der Waals surface area contributed by atoms with Gasteiger partial charge in [-0.05, 0) is 42.3 Å². The quantitative estimate of drug-likeness (QED) is 0.674. The Morgan fingerprint density at radius 1 is 1.06 bits per heavy atom. The van der Waals surface area contributed by atoms with Crippen molar-refractivity contribution in [2.24, 2.45) is 0 Å². The third-order valence-corrected chi connectivity index (χ3v) is 3.51. The zero-order valence-corrected chi connectivity index (χ0v) is 11.7. The monoisotopic (exact) mass is 330 g/mol. The molecule has 0 saturated carbocycles. The molecule has 18 heavy (non-hydrogen) atoms. The summed E-state index contributed by atoms with van der Waals surface area (Å²) in [7, 11) is 0. The fraction of sp³-hybridized carbons (Fsp3) is 0.143. The standard InChI is InChI=1S/C14H10BrClF2/c15-10-3-6-14(18)12(8-10)13(16)7-9-1-4-11(17)5-2-9/h1-6,8,13H,7H2. The second-order valence-corrected chi connectivity index (χ2v) is 5.41. The van der Waals surface area contributed by atoms with Gasteiger partial charge in [-0.2, -0.15) is 0 Å². The molecule has 2 aromatic rings. The van der Waals surface area contributed by atoms with Crippen LogP contribution in [0.25, 0.3) is 0 Å². The lowest BCUT2D eigenvalue weighted by Crippen LogP contribution is -1.99. The molecule has 0 aliphatic carbocycles. The summed E-state index contributed by atoms with van der Waals surface area (Å²) in [5.41, 5.74) is 1.31. The van der Waals surface area contributed by atoms with Gasteiger partial charge >= 0.3 is 0 Å². The first-order valence-electron chi connectivity index (χ1n) is 5.40. The lowest BCUT2D eigenvalue weighted by Gasteiger charge is -2.11. The Labute approximate surface area is 118 Å². The fourth-order valence-electron chi connectivity index (χ4n) is 1.69. The van der Waals surface area contributed by atoms with E-state index in [0.717, 1.165) is 10.0 Å². The van der Waals surface area contributed by atoms with Crippen molar-refractivity contribution in [1.29, 1.82) is 0 Å². The lowest BCUT2D eigenvalue weighted by atomic mass is 10.0. The van der Waals surface area contributed by atoms with Crippen molar-refractivity contribution in [3.8, 4) is 0 Å². The first-order valence-corrected chi connectivity index (χ1v) is 6.62. The smallest absolute Gasteiger partial charge is 0.127 e. The number of rotatable bonds is 3. The molecule has 0 aliphatic rings. The zero-order chi connectivity index (χ0) is 13.1. The normalized spacial score (nSPS) is 12.4. The molecule has 0 radical (unpaired) electrons. The Morgan fingerprint density at radius 2 is 1.72 bits per heavy atom. The maximum atomic E-state index is 13.6. The van der Waals surface area contributed by atoms with Gasteiger partial charge in [-0.15, -0.1) is 11.6 Å². The van der Waals surface area contributed by atoms with Crippen LogP contribution in [0.2, 0.25) is 0 Å². The van der Waals surface area contributed by atoms with Gasteiger partial charge < -0.3 is 0 Å². The largest absolute Gasteiger partial charge is 0.207 e. The average Bonchev–Trinajstić information content (AvgIpc) is 2.35. The van der Waals surface area contributed by atoms with Gasteiger partial charge in [0, 0.05) is 10.0 Å². The summed E-state index contributed by atoms with van der Waals surface area (Å²) in [5, 5.41) is -0.479. The van der Waals surface area contributed by atoms with Gasteiger partial charge in [0.05, 0.1) is 5.38 Å². The maximum absolute atomic E-state index is 13.6. The van der Waals surface area contributed by atoms with Crippen molar-refractivity contribution < 1.29 is 8.78 Å². The van der Waals surface area contributed by atoms with E-state index in [4.69, 9.17) is 11.6 Å². The van der Waals surface area contributed by atoms with Crippen molar-refractivity contribution >= 4 is 27.5 Å². The molecular formula is C14H10BrClF2. The van der Waals surface area contributed by atoms with Crippen molar-refractivity contribution in [1.82, 2.24) is 0 Å². The summed E-state index contributed by atoms with van der Waals surface area (Å²) < 4.78 is 27.2. The van der Waals surface area contributed by atoms with E-state index >= 15 is 0 Å². The summed E-state index contributed by atoms with van der Waals surface area (Å²) in [6.07, 6.45) is 0.454. The molecule has 4 heteroatoms. The van der Waals surface area contributed by atoms with E-state index in [1.54, 1.807) is 24.3 Å². The van der Waals surface area contributed by atoms with Crippen LogP contribution in [0.4, 0.5) is 8.78 Å². The van der Waals surface area contributed by atoms with Crippen LogP contribution in [0.5, 0.6) is 0 Å². The van der Waals surface area contributed by atoms with E-state index in [1.807, 2.05) is 0 Å². The van der Waals surface area contributed by atoms with E-state index in [9.17, 15) is 8.78 Å². The SMILES string of the molecule is Fc1ccc(CC(Cl)c2cc(Br)ccc2F)cc1. The molecule has 0 bridgehead atoms. The van der Waals surface area contributed by atoms with E-state index in [0.29, 0.717) is 12.0 Å². The van der Waals surface area contributed by atoms with Gasteiger partial charge in [-0.25, -0.2) is 8.78 Å². The Bertz CT molecular complexity index is 540. The zero-order valence-electron chi connectivity index (χ0n) is 9.34. The van der Waals surface area contributed by atoms with Crippen molar-refractivity contribution in [2.45, 2.75) is 11.8 Å². The van der Waals surface area contributed by atoms with Crippen LogP contribution >= 0.6 is 27.5 Å². The molecule has 1 atom stereocenters. The lowest BCUT2D eigenvalue weighted by molar-refractivity contribution is 0.605. The van der Waals surface area contributed by atoms with Gasteiger partial charge in [-0.1, -0.05) is 28.1 Å². The molecule has 2 rings (SSSR count). The minimum atomic E-state index is -0.479. The molecule has 0 spiro atoms. The van der Waals surface area contributed by atoms with Crippen molar-refractivity contribution in [3.63, 3.8) is 0 Å². The van der Waals surface area contributed by atoms with E-state index in [-0.39, 0.29) is 11.6 Å². The highest BCUT2D eigenvalue weighted by molar-refractivity contribution is 9.10. The van der Waals surface area contributed by atoms with Gasteiger partial charge in [0.15, 0.2) is 0 Å². The predicted molar refractivity (Wildman–Crippen MR) is 72.8 cm³/mol. The first-order chi connectivity index (χ1) is 8.56. The third kappa shape index (κ3) is 3.30. The van der Waals surface area contributed by atoms with Crippen LogP contribution in [0, 0.1) is 11.6 Å². The van der Waals surface area contributed by atoms with Crippen LogP contribution in [0.3, 0.4) is 0 Å². The maximum Gasteiger partial charge on any atom is 0.127 e. The molecule has 0 fully saturated rings. The van der Waals surface area contributed by atoms with E-state index in [1.165, 1.54) is 18.2 Å². The average molecular weight is 332 g/mol. The van der Waals surface area contributed by atoms with Gasteiger partial charge in [0.2, 0.25) is 0 Å². The van der Waals surface area contributed by atoms with E-state index in [2.05, 4.69) is 15.9 Å². The summed E-state index contributed by atoms with van der Waals surface area (Å²) in [6, 6.07) is 10.7. The Hall–Kier alpha value is -0.930. The highest BCUT2D eigenvalue weighted by Crippen LogP contribution is 2.29. The number of hydrogen-bond donors (Lipinski definition) is 0. The number of halogens is 4. The van der Waals surface area contributed by atoms with Crippen LogP contribution in [0.1, 0.15) is 16.5 Å². The summed E-state index contributed by atoms with van der Waals surface area (Å²) >= 11 is 9.49. The minimum absolute atomic E-state index is 0.293. The second kappa shape index (κ2) is 5.81.